The number of esters is 3. The number of allylic oxidation sites excluding steroid dienone is 14. The van der Waals surface area contributed by atoms with E-state index >= 15 is 0 Å². The van der Waals surface area contributed by atoms with Gasteiger partial charge in [0, 0.05) is 19.3 Å². The van der Waals surface area contributed by atoms with Crippen LogP contribution in [0.25, 0.3) is 0 Å². The van der Waals surface area contributed by atoms with Crippen LogP contribution in [-0.2, 0) is 28.6 Å². The van der Waals surface area contributed by atoms with Gasteiger partial charge in [0.25, 0.3) is 0 Å². The van der Waals surface area contributed by atoms with Gasteiger partial charge in [-0.2, -0.15) is 0 Å². The third-order valence-electron chi connectivity index (χ3n) is 12.3. The van der Waals surface area contributed by atoms with E-state index in [1.165, 1.54) is 122 Å². The van der Waals surface area contributed by atoms with Crippen molar-refractivity contribution in [2.24, 2.45) is 0 Å². The summed E-state index contributed by atoms with van der Waals surface area (Å²) in [7, 11) is 0. The van der Waals surface area contributed by atoms with Gasteiger partial charge < -0.3 is 14.2 Å². The average Bonchev–Trinajstić information content (AvgIpc) is 3.34. The van der Waals surface area contributed by atoms with Crippen molar-refractivity contribution < 1.29 is 28.6 Å². The number of unbranched alkanes of at least 4 members (excludes halogenated alkanes) is 31. The summed E-state index contributed by atoms with van der Waals surface area (Å²) in [6.07, 6.45) is 72.8. The molecule has 6 nitrogen and oxygen atoms in total. The van der Waals surface area contributed by atoms with Crippen LogP contribution >= 0.6 is 0 Å². The molecule has 68 heavy (non-hydrogen) atoms. The Bertz CT molecular complexity index is 1320. The van der Waals surface area contributed by atoms with Crippen LogP contribution < -0.4 is 0 Å². The quantitative estimate of drug-likeness (QED) is 0.0262. The van der Waals surface area contributed by atoms with Crippen molar-refractivity contribution in [2.75, 3.05) is 13.2 Å². The first-order valence-electron chi connectivity index (χ1n) is 28.7. The Hall–Kier alpha value is -3.41. The molecule has 0 heterocycles. The zero-order chi connectivity index (χ0) is 49.3. The fourth-order valence-electron chi connectivity index (χ4n) is 7.98. The molecule has 390 valence electrons. The van der Waals surface area contributed by atoms with Crippen LogP contribution in [0.3, 0.4) is 0 Å². The van der Waals surface area contributed by atoms with E-state index in [2.05, 4.69) is 87.6 Å². The van der Waals surface area contributed by atoms with Gasteiger partial charge in [0.15, 0.2) is 6.10 Å². The summed E-state index contributed by atoms with van der Waals surface area (Å²) in [4.78, 5) is 38.2. The van der Waals surface area contributed by atoms with Crippen molar-refractivity contribution in [3.8, 4) is 0 Å². The van der Waals surface area contributed by atoms with Crippen LogP contribution in [-0.4, -0.2) is 37.2 Å². The van der Waals surface area contributed by atoms with Gasteiger partial charge in [-0.3, -0.25) is 14.4 Å². The standard InChI is InChI=1S/C62H106O6/c1-4-7-10-13-16-19-22-25-28-30-32-34-37-40-43-46-49-52-55-61(64)67-58-59(57-66-60(63)54-51-48-45-42-39-36-33-27-24-21-18-15-12-9-6-3)68-62(65)56-53-50-47-44-41-38-35-31-29-26-23-20-17-14-11-8-5-2/h9,12,15,18,21-22,24-25,27-28,30,32-34,59H,4-8,10-11,13-14,16-17,19-20,23,26,29,31,35-58H2,1-3H3/b12-9-,18-15-,24-21-,25-22-,30-28-,33-27-,34-32-. The molecule has 0 aromatic rings. The Kier molecular flexibility index (Phi) is 53.4. The third-order valence-corrected chi connectivity index (χ3v) is 12.3. The Balaban J connectivity index is 4.45. The van der Waals surface area contributed by atoms with Crippen molar-refractivity contribution in [3.05, 3.63) is 85.1 Å². The van der Waals surface area contributed by atoms with Crippen LogP contribution in [0.15, 0.2) is 85.1 Å². The molecule has 0 amide bonds. The summed E-state index contributed by atoms with van der Waals surface area (Å²) < 4.78 is 16.8. The largest absolute Gasteiger partial charge is 0.462 e. The summed E-state index contributed by atoms with van der Waals surface area (Å²) in [6, 6.07) is 0. The second-order valence-electron chi connectivity index (χ2n) is 19.0. The predicted octanol–water partition coefficient (Wildman–Crippen LogP) is 19.2. The second kappa shape index (κ2) is 56.2. The van der Waals surface area contributed by atoms with Crippen LogP contribution in [0.1, 0.15) is 271 Å². The van der Waals surface area contributed by atoms with Gasteiger partial charge >= 0.3 is 17.9 Å². The molecule has 6 heteroatoms. The maximum absolute atomic E-state index is 12.9. The number of carbonyl (C=O) groups is 3. The monoisotopic (exact) mass is 947 g/mol. The molecular weight excluding hydrogens is 841 g/mol. The summed E-state index contributed by atoms with van der Waals surface area (Å²) >= 11 is 0. The van der Waals surface area contributed by atoms with Gasteiger partial charge in [0.2, 0.25) is 0 Å². The molecule has 0 saturated heterocycles. The molecule has 1 unspecified atom stereocenters. The van der Waals surface area contributed by atoms with Crippen molar-refractivity contribution in [1.82, 2.24) is 0 Å². The fourth-order valence-corrected chi connectivity index (χ4v) is 7.98. The minimum Gasteiger partial charge on any atom is -0.462 e. The molecule has 0 aliphatic heterocycles. The van der Waals surface area contributed by atoms with Crippen LogP contribution in [0.2, 0.25) is 0 Å². The highest BCUT2D eigenvalue weighted by Crippen LogP contribution is 2.16. The van der Waals surface area contributed by atoms with Gasteiger partial charge in [-0.25, -0.2) is 0 Å². The molecule has 0 saturated carbocycles. The molecule has 0 aliphatic carbocycles. The predicted molar refractivity (Wildman–Crippen MR) is 293 cm³/mol. The minimum atomic E-state index is -0.794. The van der Waals surface area contributed by atoms with Gasteiger partial charge in [0.1, 0.15) is 13.2 Å². The van der Waals surface area contributed by atoms with E-state index in [9.17, 15) is 14.4 Å². The lowest BCUT2D eigenvalue weighted by Crippen LogP contribution is -2.30. The van der Waals surface area contributed by atoms with E-state index in [0.29, 0.717) is 19.3 Å². The van der Waals surface area contributed by atoms with E-state index in [4.69, 9.17) is 14.2 Å². The number of hydrogen-bond acceptors (Lipinski definition) is 6. The molecule has 0 fully saturated rings. The van der Waals surface area contributed by atoms with Gasteiger partial charge in [-0.05, 0) is 64.2 Å². The molecule has 0 rings (SSSR count). The van der Waals surface area contributed by atoms with E-state index in [0.717, 1.165) is 109 Å². The van der Waals surface area contributed by atoms with E-state index in [-0.39, 0.29) is 31.1 Å². The Labute approximate surface area is 420 Å². The normalized spacial score (nSPS) is 12.7. The molecule has 0 bridgehead atoms. The average molecular weight is 948 g/mol. The van der Waals surface area contributed by atoms with Crippen LogP contribution in [0, 0.1) is 0 Å². The zero-order valence-electron chi connectivity index (χ0n) is 44.6. The molecule has 1 atom stereocenters. The van der Waals surface area contributed by atoms with Gasteiger partial charge in [0.05, 0.1) is 0 Å². The maximum atomic E-state index is 12.9. The van der Waals surface area contributed by atoms with Crippen LogP contribution in [0.5, 0.6) is 0 Å². The summed E-state index contributed by atoms with van der Waals surface area (Å²) in [5.41, 5.74) is 0. The highest BCUT2D eigenvalue weighted by molar-refractivity contribution is 5.71. The molecule has 0 aromatic heterocycles. The molecule has 0 spiro atoms. The Morgan fingerprint density at radius 2 is 0.574 bits per heavy atom. The molecule has 0 N–H and O–H groups in total. The van der Waals surface area contributed by atoms with Crippen LogP contribution in [0.4, 0.5) is 0 Å². The van der Waals surface area contributed by atoms with Gasteiger partial charge in [-0.15, -0.1) is 0 Å². The molecule has 0 aromatic carbocycles. The van der Waals surface area contributed by atoms with Crippen molar-refractivity contribution in [1.29, 1.82) is 0 Å². The number of carbonyl (C=O) groups excluding carboxylic acids is 3. The summed E-state index contributed by atoms with van der Waals surface area (Å²) in [5.74, 6) is -0.926. The highest BCUT2D eigenvalue weighted by Gasteiger charge is 2.19. The zero-order valence-corrected chi connectivity index (χ0v) is 44.6. The first kappa shape index (κ1) is 64.6. The SMILES string of the molecule is CC\C=C/C=C\C=C/C=C\CCCCCCCC(=O)OCC(COC(=O)CCCCCCC\C=C/C=C\C=C/CCCCCCC)OC(=O)CCCCCCCCCCCCCCCCCCC. The maximum Gasteiger partial charge on any atom is 0.306 e. The summed E-state index contributed by atoms with van der Waals surface area (Å²) in [5, 5.41) is 0. The van der Waals surface area contributed by atoms with Gasteiger partial charge in [-0.1, -0.05) is 273 Å². The number of ether oxygens (including phenoxy) is 3. The first-order chi connectivity index (χ1) is 33.5. The Morgan fingerprint density at radius 3 is 0.897 bits per heavy atom. The van der Waals surface area contributed by atoms with Crippen molar-refractivity contribution >= 4 is 17.9 Å². The lowest BCUT2D eigenvalue weighted by atomic mass is 10.0. The number of hydrogen-bond donors (Lipinski definition) is 0. The van der Waals surface area contributed by atoms with E-state index in [1.54, 1.807) is 0 Å². The first-order valence-corrected chi connectivity index (χ1v) is 28.7. The number of rotatable bonds is 51. The lowest BCUT2D eigenvalue weighted by molar-refractivity contribution is -0.167. The minimum absolute atomic E-state index is 0.0935. The molecule has 0 radical (unpaired) electrons. The van der Waals surface area contributed by atoms with Crippen molar-refractivity contribution in [2.45, 2.75) is 277 Å². The third kappa shape index (κ3) is 53.5. The van der Waals surface area contributed by atoms with E-state index < -0.39 is 6.10 Å². The highest BCUT2D eigenvalue weighted by atomic mass is 16.6. The smallest absolute Gasteiger partial charge is 0.306 e. The van der Waals surface area contributed by atoms with Crippen molar-refractivity contribution in [3.63, 3.8) is 0 Å². The van der Waals surface area contributed by atoms with E-state index in [1.807, 2.05) is 18.2 Å². The summed E-state index contributed by atoms with van der Waals surface area (Å²) in [6.45, 7) is 6.47. The topological polar surface area (TPSA) is 78.9 Å². The lowest BCUT2D eigenvalue weighted by Gasteiger charge is -2.18. The second-order valence-corrected chi connectivity index (χ2v) is 19.0. The molecular formula is C62H106O6. The Morgan fingerprint density at radius 1 is 0.309 bits per heavy atom. The molecule has 0 aliphatic rings. The fraction of sp³-hybridized carbons (Fsp3) is 0.726.